The lowest BCUT2D eigenvalue weighted by Crippen LogP contribution is -2.44. The van der Waals surface area contributed by atoms with Gasteiger partial charge < -0.3 is 9.47 Å². The summed E-state index contributed by atoms with van der Waals surface area (Å²) in [4.78, 5) is 30.9. The Morgan fingerprint density at radius 2 is 1.59 bits per heavy atom. The molecule has 0 saturated carbocycles. The van der Waals surface area contributed by atoms with Gasteiger partial charge in [0.2, 0.25) is 0 Å². The lowest BCUT2D eigenvalue weighted by molar-refractivity contribution is -0.145. The zero-order chi connectivity index (χ0) is 19.6. The van der Waals surface area contributed by atoms with Crippen molar-refractivity contribution in [2.75, 3.05) is 14.2 Å². The third kappa shape index (κ3) is 3.62. The molecule has 140 valence electrons. The molecular formula is C21H21NO4S. The SMILES string of the molecule is COC(=O)C1=Nc2ccccc2-c2ccccc2SC(C)(C)C1C(=O)OC. The molecule has 0 amide bonds. The van der Waals surface area contributed by atoms with Crippen LogP contribution in [0.4, 0.5) is 5.69 Å². The Balaban J connectivity index is 2.36. The van der Waals surface area contributed by atoms with Gasteiger partial charge in [-0.25, -0.2) is 9.79 Å². The first-order chi connectivity index (χ1) is 12.9. The van der Waals surface area contributed by atoms with E-state index in [1.807, 2.05) is 62.4 Å². The summed E-state index contributed by atoms with van der Waals surface area (Å²) in [5, 5.41) is 0. The van der Waals surface area contributed by atoms with Crippen LogP contribution in [-0.4, -0.2) is 36.6 Å². The Kier molecular flexibility index (Phi) is 5.37. The molecule has 0 aromatic heterocycles. The van der Waals surface area contributed by atoms with Crippen LogP contribution in [0.2, 0.25) is 0 Å². The van der Waals surface area contributed by atoms with E-state index in [1.54, 1.807) is 0 Å². The third-order valence-corrected chi connectivity index (χ3v) is 5.83. The van der Waals surface area contributed by atoms with Gasteiger partial charge in [-0.2, -0.15) is 0 Å². The molecule has 2 aromatic carbocycles. The fraction of sp³-hybridized carbons (Fsp3) is 0.286. The van der Waals surface area contributed by atoms with E-state index in [0.717, 1.165) is 16.0 Å². The van der Waals surface area contributed by atoms with Gasteiger partial charge in [0.05, 0.1) is 19.9 Å². The summed E-state index contributed by atoms with van der Waals surface area (Å²) in [5.74, 6) is -2.05. The second-order valence-corrected chi connectivity index (χ2v) is 8.36. The molecule has 1 heterocycles. The smallest absolute Gasteiger partial charge is 0.353 e. The van der Waals surface area contributed by atoms with Crippen LogP contribution in [0.1, 0.15) is 13.8 Å². The van der Waals surface area contributed by atoms with Gasteiger partial charge in [-0.05, 0) is 31.5 Å². The summed E-state index contributed by atoms with van der Waals surface area (Å²) >= 11 is 1.52. The maximum absolute atomic E-state index is 12.7. The molecule has 0 N–H and O–H groups in total. The Hall–Kier alpha value is -2.60. The summed E-state index contributed by atoms with van der Waals surface area (Å²) in [6.07, 6.45) is 0. The molecule has 3 rings (SSSR count). The third-order valence-electron chi connectivity index (χ3n) is 4.50. The fourth-order valence-corrected chi connectivity index (χ4v) is 4.55. The van der Waals surface area contributed by atoms with Crippen LogP contribution < -0.4 is 0 Å². The zero-order valence-electron chi connectivity index (χ0n) is 15.7. The lowest BCUT2D eigenvalue weighted by atomic mass is 9.89. The van der Waals surface area contributed by atoms with Crippen LogP contribution in [0, 0.1) is 5.92 Å². The maximum atomic E-state index is 12.7. The van der Waals surface area contributed by atoms with E-state index in [-0.39, 0.29) is 5.71 Å². The van der Waals surface area contributed by atoms with Crippen LogP contribution in [0.3, 0.4) is 0 Å². The molecule has 1 atom stereocenters. The van der Waals surface area contributed by atoms with E-state index in [0.29, 0.717) is 5.69 Å². The summed E-state index contributed by atoms with van der Waals surface area (Å²) in [6, 6.07) is 15.5. The second kappa shape index (κ2) is 7.56. The van der Waals surface area contributed by atoms with Gasteiger partial charge in [0.1, 0.15) is 11.6 Å². The molecule has 0 saturated heterocycles. The van der Waals surface area contributed by atoms with Gasteiger partial charge in [0.25, 0.3) is 0 Å². The van der Waals surface area contributed by atoms with Crippen molar-refractivity contribution in [3.05, 3.63) is 48.5 Å². The average Bonchev–Trinajstić information content (AvgIpc) is 2.70. The molecular weight excluding hydrogens is 362 g/mol. The van der Waals surface area contributed by atoms with Crippen LogP contribution >= 0.6 is 11.8 Å². The van der Waals surface area contributed by atoms with Gasteiger partial charge in [-0.15, -0.1) is 11.8 Å². The van der Waals surface area contributed by atoms with Crippen molar-refractivity contribution in [2.45, 2.75) is 23.5 Å². The summed E-state index contributed by atoms with van der Waals surface area (Å²) in [5.41, 5.74) is 2.55. The fourth-order valence-electron chi connectivity index (χ4n) is 3.22. The second-order valence-electron chi connectivity index (χ2n) is 6.66. The predicted octanol–water partition coefficient (Wildman–Crippen LogP) is 4.27. The van der Waals surface area contributed by atoms with Gasteiger partial charge in [0.15, 0.2) is 0 Å². The highest BCUT2D eigenvalue weighted by molar-refractivity contribution is 8.00. The number of carbonyl (C=O) groups is 2. The van der Waals surface area contributed by atoms with Crippen molar-refractivity contribution in [1.29, 1.82) is 0 Å². The first kappa shape index (κ1) is 19.2. The predicted molar refractivity (Wildman–Crippen MR) is 106 cm³/mol. The molecule has 0 fully saturated rings. The van der Waals surface area contributed by atoms with E-state index < -0.39 is 22.6 Å². The number of nitrogens with zero attached hydrogens (tertiary/aromatic N) is 1. The highest BCUT2D eigenvalue weighted by Gasteiger charge is 2.45. The lowest BCUT2D eigenvalue weighted by Gasteiger charge is -2.31. The number of hydrogen-bond donors (Lipinski definition) is 0. The van der Waals surface area contributed by atoms with E-state index in [9.17, 15) is 9.59 Å². The molecule has 0 radical (unpaired) electrons. The Bertz CT molecular complexity index is 920. The van der Waals surface area contributed by atoms with Gasteiger partial charge in [-0.3, -0.25) is 4.79 Å². The van der Waals surface area contributed by atoms with Gasteiger partial charge in [-0.1, -0.05) is 36.4 Å². The molecule has 5 nitrogen and oxygen atoms in total. The minimum absolute atomic E-state index is 0.0436. The molecule has 0 spiro atoms. The number of rotatable bonds is 2. The molecule has 1 unspecified atom stereocenters. The number of ether oxygens (including phenoxy) is 2. The van der Waals surface area contributed by atoms with E-state index in [2.05, 4.69) is 4.99 Å². The first-order valence-corrected chi connectivity index (χ1v) is 9.33. The van der Waals surface area contributed by atoms with Crippen molar-refractivity contribution >= 4 is 35.1 Å². The van der Waals surface area contributed by atoms with Gasteiger partial charge >= 0.3 is 11.9 Å². The van der Waals surface area contributed by atoms with Crippen LogP contribution in [-0.2, 0) is 19.1 Å². The normalized spacial score (nSPS) is 17.9. The maximum Gasteiger partial charge on any atom is 0.353 e. The number of methoxy groups -OCH3 is 2. The van der Waals surface area contributed by atoms with Crippen LogP contribution in [0.5, 0.6) is 0 Å². The number of para-hydroxylation sites is 1. The number of esters is 2. The molecule has 1 aliphatic rings. The highest BCUT2D eigenvalue weighted by Crippen LogP contribution is 2.47. The Morgan fingerprint density at radius 1 is 0.963 bits per heavy atom. The van der Waals surface area contributed by atoms with Gasteiger partial charge in [0, 0.05) is 15.2 Å². The van der Waals surface area contributed by atoms with Crippen molar-refractivity contribution in [3.63, 3.8) is 0 Å². The number of thioether (sulfide) groups is 1. The number of fused-ring (bicyclic) bond motifs is 3. The monoisotopic (exact) mass is 383 g/mol. The number of hydrogen-bond acceptors (Lipinski definition) is 6. The average molecular weight is 383 g/mol. The van der Waals surface area contributed by atoms with E-state index in [4.69, 9.17) is 9.47 Å². The number of carbonyl (C=O) groups excluding carboxylic acids is 2. The van der Waals surface area contributed by atoms with E-state index in [1.165, 1.54) is 26.0 Å². The number of aliphatic imine (C=N–C) groups is 1. The van der Waals surface area contributed by atoms with Crippen LogP contribution in [0.25, 0.3) is 11.1 Å². The molecule has 0 bridgehead atoms. The van der Waals surface area contributed by atoms with E-state index >= 15 is 0 Å². The van der Waals surface area contributed by atoms with Crippen molar-refractivity contribution in [3.8, 4) is 11.1 Å². The quantitative estimate of drug-likeness (QED) is 0.725. The van der Waals surface area contributed by atoms with Crippen LogP contribution in [0.15, 0.2) is 58.4 Å². The summed E-state index contributed by atoms with van der Waals surface area (Å²) in [6.45, 7) is 3.81. The minimum Gasteiger partial charge on any atom is -0.468 e. The van der Waals surface area contributed by atoms with Crippen molar-refractivity contribution in [2.24, 2.45) is 10.9 Å². The Labute approximate surface area is 162 Å². The Morgan fingerprint density at radius 3 is 2.26 bits per heavy atom. The molecule has 2 aromatic rings. The zero-order valence-corrected chi connectivity index (χ0v) is 16.5. The molecule has 6 heteroatoms. The molecule has 1 aliphatic heterocycles. The van der Waals surface area contributed by atoms with Crippen molar-refractivity contribution < 1.29 is 19.1 Å². The summed E-state index contributed by atoms with van der Waals surface area (Å²) in [7, 11) is 2.60. The topological polar surface area (TPSA) is 65.0 Å². The largest absolute Gasteiger partial charge is 0.468 e. The highest BCUT2D eigenvalue weighted by atomic mass is 32.2. The minimum atomic E-state index is -0.890. The standard InChI is InChI=1S/C21H21NO4S/c1-21(2)17(19(23)25-3)18(20(24)26-4)22-15-11-7-5-9-13(15)14-10-6-8-12-16(14)27-21/h5-12,17H,1-4H3. The van der Waals surface area contributed by atoms with Crippen molar-refractivity contribution in [1.82, 2.24) is 0 Å². The first-order valence-electron chi connectivity index (χ1n) is 8.51. The number of benzene rings is 2. The summed E-state index contributed by atoms with van der Waals surface area (Å²) < 4.78 is 9.28. The molecule has 0 aliphatic carbocycles. The molecule has 27 heavy (non-hydrogen) atoms.